The zero-order valence-corrected chi connectivity index (χ0v) is 16.8. The van der Waals surface area contributed by atoms with Gasteiger partial charge in [0.15, 0.2) is 11.7 Å². The van der Waals surface area contributed by atoms with E-state index in [1.807, 2.05) is 42.5 Å². The van der Waals surface area contributed by atoms with Crippen LogP contribution in [-0.2, 0) is 4.79 Å². The van der Waals surface area contributed by atoms with E-state index in [4.69, 9.17) is 9.15 Å². The normalized spacial score (nSPS) is 12.2. The fraction of sp³-hybridized carbons (Fsp3) is 0.0870. The molecule has 0 fully saturated rings. The smallest absolute Gasteiger partial charge is 0.265 e. The van der Waals surface area contributed by atoms with E-state index >= 15 is 0 Å². The van der Waals surface area contributed by atoms with Gasteiger partial charge in [-0.25, -0.2) is 4.98 Å². The molecule has 30 heavy (non-hydrogen) atoms. The van der Waals surface area contributed by atoms with Gasteiger partial charge in [0.25, 0.3) is 5.91 Å². The van der Waals surface area contributed by atoms with Crippen LogP contribution in [-0.4, -0.2) is 22.0 Å². The van der Waals surface area contributed by atoms with Crippen molar-refractivity contribution in [2.45, 2.75) is 13.0 Å². The summed E-state index contributed by atoms with van der Waals surface area (Å²) in [7, 11) is 0. The summed E-state index contributed by atoms with van der Waals surface area (Å²) in [6, 6.07) is 19.1. The summed E-state index contributed by atoms with van der Waals surface area (Å²) in [6.45, 7) is 1.73. The number of hydrogen-bond donors (Lipinski definition) is 1. The summed E-state index contributed by atoms with van der Waals surface area (Å²) in [6.07, 6.45) is 1.04. The van der Waals surface area contributed by atoms with Crippen LogP contribution >= 0.6 is 11.3 Å². The van der Waals surface area contributed by atoms with Crippen molar-refractivity contribution in [1.29, 1.82) is 0 Å². The van der Waals surface area contributed by atoms with Gasteiger partial charge >= 0.3 is 0 Å². The zero-order chi connectivity index (χ0) is 20.5. The molecular formula is C23H17N3O3S. The standard InChI is InChI=1S/C23H17N3O3S/c1-14(28-19-8-4-6-15-5-2-3-7-17(15)19)22(27)25-16-9-10-20-18(11-16)26-23(29-20)21-12-24-13-30-21/h2-14H,1H3,(H,25,27). The highest BCUT2D eigenvalue weighted by molar-refractivity contribution is 7.13. The van der Waals surface area contributed by atoms with Gasteiger partial charge in [0, 0.05) is 11.1 Å². The molecule has 0 saturated carbocycles. The minimum Gasteiger partial charge on any atom is -0.480 e. The second kappa shape index (κ2) is 7.61. The first-order valence-corrected chi connectivity index (χ1v) is 10.3. The van der Waals surface area contributed by atoms with Crippen LogP contribution in [0.4, 0.5) is 5.69 Å². The SMILES string of the molecule is CC(Oc1cccc2ccccc12)C(=O)Nc1ccc2oc(-c3cncs3)nc2c1. The predicted molar refractivity (Wildman–Crippen MR) is 118 cm³/mol. The summed E-state index contributed by atoms with van der Waals surface area (Å²) in [4.78, 5) is 22.1. The Labute approximate surface area is 176 Å². The van der Waals surface area contributed by atoms with E-state index in [-0.39, 0.29) is 5.91 Å². The summed E-state index contributed by atoms with van der Waals surface area (Å²) in [5, 5.41) is 4.93. The number of benzene rings is 3. The Morgan fingerprint density at radius 1 is 1.13 bits per heavy atom. The number of ether oxygens (including phenoxy) is 1. The molecule has 1 unspecified atom stereocenters. The number of carbonyl (C=O) groups excluding carboxylic acids is 1. The van der Waals surface area contributed by atoms with Crippen molar-refractivity contribution >= 4 is 44.8 Å². The topological polar surface area (TPSA) is 77.2 Å². The molecule has 1 amide bonds. The largest absolute Gasteiger partial charge is 0.480 e. The second-order valence-electron chi connectivity index (χ2n) is 6.79. The monoisotopic (exact) mass is 415 g/mol. The third-order valence-corrected chi connectivity index (χ3v) is 5.48. The minimum atomic E-state index is -0.670. The van der Waals surface area contributed by atoms with Gasteiger partial charge in [0.2, 0.25) is 5.89 Å². The van der Waals surface area contributed by atoms with Crippen LogP contribution in [0.15, 0.2) is 76.8 Å². The molecule has 3 aromatic carbocycles. The molecule has 5 aromatic rings. The lowest BCUT2D eigenvalue weighted by Gasteiger charge is -2.16. The quantitative estimate of drug-likeness (QED) is 0.409. The second-order valence-corrected chi connectivity index (χ2v) is 7.68. The van der Waals surface area contributed by atoms with Crippen LogP contribution in [0.25, 0.3) is 32.6 Å². The van der Waals surface area contributed by atoms with Crippen molar-refractivity contribution in [2.24, 2.45) is 0 Å². The van der Waals surface area contributed by atoms with Crippen LogP contribution in [0.1, 0.15) is 6.92 Å². The molecule has 0 aliphatic rings. The van der Waals surface area contributed by atoms with Gasteiger partial charge in [0.1, 0.15) is 16.1 Å². The van der Waals surface area contributed by atoms with Crippen LogP contribution < -0.4 is 10.1 Å². The van der Waals surface area contributed by atoms with Gasteiger partial charge < -0.3 is 14.5 Å². The number of oxazole rings is 1. The first-order valence-electron chi connectivity index (χ1n) is 9.42. The molecular weight excluding hydrogens is 398 g/mol. The molecule has 0 aliphatic heterocycles. The third kappa shape index (κ3) is 3.51. The zero-order valence-electron chi connectivity index (χ0n) is 16.0. The number of rotatable bonds is 5. The summed E-state index contributed by atoms with van der Waals surface area (Å²) < 4.78 is 11.7. The van der Waals surface area contributed by atoms with Crippen LogP contribution in [0, 0.1) is 0 Å². The summed E-state index contributed by atoms with van der Waals surface area (Å²) in [5.74, 6) is 0.953. The Morgan fingerprint density at radius 2 is 2.00 bits per heavy atom. The molecule has 2 heterocycles. The molecule has 0 bridgehead atoms. The average Bonchev–Trinajstić information content (AvgIpc) is 3.43. The number of nitrogens with one attached hydrogen (secondary N) is 1. The molecule has 1 N–H and O–H groups in total. The number of anilines is 1. The Kier molecular flexibility index (Phi) is 4.65. The molecule has 0 radical (unpaired) electrons. The highest BCUT2D eigenvalue weighted by Gasteiger charge is 2.17. The van der Waals surface area contributed by atoms with E-state index in [0.29, 0.717) is 28.4 Å². The molecule has 1 atom stereocenters. The number of fused-ring (bicyclic) bond motifs is 2. The van der Waals surface area contributed by atoms with Crippen molar-refractivity contribution < 1.29 is 13.9 Å². The molecule has 7 heteroatoms. The van der Waals surface area contributed by atoms with Crippen molar-refractivity contribution in [1.82, 2.24) is 9.97 Å². The van der Waals surface area contributed by atoms with Gasteiger partial charge in [-0.1, -0.05) is 36.4 Å². The lowest BCUT2D eigenvalue weighted by Crippen LogP contribution is -2.30. The summed E-state index contributed by atoms with van der Waals surface area (Å²) in [5.41, 5.74) is 3.67. The van der Waals surface area contributed by atoms with Crippen LogP contribution in [0.2, 0.25) is 0 Å². The maximum atomic E-state index is 12.7. The molecule has 2 aromatic heterocycles. The van der Waals surface area contributed by atoms with Gasteiger partial charge in [-0.3, -0.25) is 9.78 Å². The molecule has 0 spiro atoms. The first kappa shape index (κ1) is 18.3. The van der Waals surface area contributed by atoms with Crippen molar-refractivity contribution in [3.63, 3.8) is 0 Å². The fourth-order valence-electron chi connectivity index (χ4n) is 3.22. The van der Waals surface area contributed by atoms with E-state index in [9.17, 15) is 4.79 Å². The highest BCUT2D eigenvalue weighted by atomic mass is 32.1. The van der Waals surface area contributed by atoms with Crippen LogP contribution in [0.5, 0.6) is 5.75 Å². The molecule has 6 nitrogen and oxygen atoms in total. The van der Waals surface area contributed by atoms with Gasteiger partial charge in [0.05, 0.1) is 11.7 Å². The van der Waals surface area contributed by atoms with Gasteiger partial charge in [-0.15, -0.1) is 11.3 Å². The Balaban J connectivity index is 1.33. The number of hydrogen-bond acceptors (Lipinski definition) is 6. The number of carbonyl (C=O) groups is 1. The average molecular weight is 415 g/mol. The van der Waals surface area contributed by atoms with Gasteiger partial charge in [-0.05, 0) is 36.6 Å². The minimum absolute atomic E-state index is 0.242. The number of aromatic nitrogens is 2. The third-order valence-electron chi connectivity index (χ3n) is 4.72. The van der Waals surface area contributed by atoms with Gasteiger partial charge in [-0.2, -0.15) is 0 Å². The maximum Gasteiger partial charge on any atom is 0.265 e. The van der Waals surface area contributed by atoms with E-state index in [0.717, 1.165) is 15.6 Å². The van der Waals surface area contributed by atoms with Crippen molar-refractivity contribution in [3.05, 3.63) is 72.4 Å². The Hall–Kier alpha value is -3.71. The maximum absolute atomic E-state index is 12.7. The number of amides is 1. The van der Waals surface area contributed by atoms with Crippen molar-refractivity contribution in [2.75, 3.05) is 5.32 Å². The van der Waals surface area contributed by atoms with E-state index in [1.54, 1.807) is 36.8 Å². The lowest BCUT2D eigenvalue weighted by atomic mass is 10.1. The first-order chi connectivity index (χ1) is 14.7. The number of thiazole rings is 1. The molecule has 5 rings (SSSR count). The van der Waals surface area contributed by atoms with E-state index in [1.165, 1.54) is 11.3 Å². The van der Waals surface area contributed by atoms with E-state index in [2.05, 4.69) is 15.3 Å². The molecule has 0 aliphatic carbocycles. The Morgan fingerprint density at radius 3 is 2.87 bits per heavy atom. The van der Waals surface area contributed by atoms with Crippen LogP contribution in [0.3, 0.4) is 0 Å². The molecule has 148 valence electrons. The van der Waals surface area contributed by atoms with E-state index < -0.39 is 6.10 Å². The highest BCUT2D eigenvalue weighted by Crippen LogP contribution is 2.29. The Bertz CT molecular complexity index is 1340. The lowest BCUT2D eigenvalue weighted by molar-refractivity contribution is -0.122. The summed E-state index contributed by atoms with van der Waals surface area (Å²) >= 11 is 1.46. The predicted octanol–water partition coefficient (Wildman–Crippen LogP) is 5.51. The molecule has 0 saturated heterocycles. The number of nitrogens with zero attached hydrogens (tertiary/aromatic N) is 2. The van der Waals surface area contributed by atoms with Crippen molar-refractivity contribution in [3.8, 4) is 16.5 Å². The fourth-order valence-corrected chi connectivity index (χ4v) is 3.76.